The monoisotopic (exact) mass is 425 g/mol. The molecule has 0 heterocycles. The van der Waals surface area contributed by atoms with Crippen molar-refractivity contribution in [1.82, 2.24) is 4.72 Å². The Bertz CT molecular complexity index is 931. The second kappa shape index (κ2) is 9.65. The second-order valence-corrected chi connectivity index (χ2v) is 8.00. The van der Waals surface area contributed by atoms with Gasteiger partial charge in [0.2, 0.25) is 21.8 Å². The largest absolute Gasteiger partial charge is 0.375 e. The minimum Gasteiger partial charge on any atom is -0.375 e. The van der Waals surface area contributed by atoms with Gasteiger partial charge in [-0.25, -0.2) is 8.42 Å². The highest BCUT2D eigenvalue weighted by Crippen LogP contribution is 2.16. The number of halogens is 1. The molecular formula is C18H20ClN3O5S. The lowest BCUT2D eigenvalue weighted by molar-refractivity contribution is -0.119. The Morgan fingerprint density at radius 2 is 1.54 bits per heavy atom. The summed E-state index contributed by atoms with van der Waals surface area (Å²) in [6.45, 7) is 1.37. The molecule has 0 saturated carbocycles. The molecule has 0 fully saturated rings. The molecule has 0 radical (unpaired) electrons. The molecule has 10 heteroatoms. The van der Waals surface area contributed by atoms with Crippen LogP contribution in [-0.4, -0.2) is 40.0 Å². The summed E-state index contributed by atoms with van der Waals surface area (Å²) in [5.74, 6) is -0.835. The molecule has 0 aromatic heterocycles. The molecular weight excluding hydrogens is 406 g/mol. The van der Waals surface area contributed by atoms with Crippen molar-refractivity contribution >= 4 is 44.8 Å². The highest BCUT2D eigenvalue weighted by atomic mass is 35.5. The Kier molecular flexibility index (Phi) is 7.53. The summed E-state index contributed by atoms with van der Waals surface area (Å²) in [4.78, 5) is 23.7. The van der Waals surface area contributed by atoms with Gasteiger partial charge in [-0.15, -0.1) is 0 Å². The molecule has 0 unspecified atom stereocenters. The van der Waals surface area contributed by atoms with Crippen LogP contribution in [0.4, 0.5) is 11.4 Å². The summed E-state index contributed by atoms with van der Waals surface area (Å²) in [5, 5.41) is 5.64. The Morgan fingerprint density at radius 1 is 1.00 bits per heavy atom. The molecule has 2 rings (SSSR count). The summed E-state index contributed by atoms with van der Waals surface area (Å²) < 4.78 is 31.7. The number of ether oxygens (including phenoxy) is 1. The molecule has 28 heavy (non-hydrogen) atoms. The van der Waals surface area contributed by atoms with Gasteiger partial charge in [0.05, 0.1) is 10.9 Å². The maximum absolute atomic E-state index is 12.3. The Morgan fingerprint density at radius 3 is 2.07 bits per heavy atom. The van der Waals surface area contributed by atoms with Crippen LogP contribution in [0.1, 0.15) is 6.92 Å². The van der Waals surface area contributed by atoms with Gasteiger partial charge in [0.1, 0.15) is 6.61 Å². The van der Waals surface area contributed by atoms with E-state index in [2.05, 4.69) is 15.4 Å². The number of hydrogen-bond donors (Lipinski definition) is 3. The number of carbonyl (C=O) groups is 2. The number of nitrogens with one attached hydrogen (secondary N) is 3. The van der Waals surface area contributed by atoms with Crippen molar-refractivity contribution in [3.8, 4) is 0 Å². The summed E-state index contributed by atoms with van der Waals surface area (Å²) in [5.41, 5.74) is 0.990. The van der Waals surface area contributed by atoms with Crippen LogP contribution in [0.5, 0.6) is 0 Å². The van der Waals surface area contributed by atoms with Gasteiger partial charge in [-0.2, -0.15) is 4.72 Å². The quantitative estimate of drug-likeness (QED) is 0.600. The zero-order chi connectivity index (χ0) is 20.7. The maximum atomic E-state index is 12.3. The fraction of sp³-hybridized carbons (Fsp3) is 0.222. The standard InChI is InChI=1S/C18H20ClN3O5S/c1-12(22-28(25,26)16-9-3-13(19)4-10-16)18(24)21-15-7-5-14(6-8-15)20-17(23)11-27-2/h3-10,12,22H,11H2,1-2H3,(H,20,23)(H,21,24)/t12-/m0/s1. The average molecular weight is 426 g/mol. The molecule has 3 N–H and O–H groups in total. The van der Waals surface area contributed by atoms with Gasteiger partial charge in [-0.05, 0) is 55.5 Å². The number of carbonyl (C=O) groups excluding carboxylic acids is 2. The lowest BCUT2D eigenvalue weighted by atomic mass is 10.2. The van der Waals surface area contributed by atoms with Gasteiger partial charge in [0.15, 0.2) is 0 Å². The maximum Gasteiger partial charge on any atom is 0.250 e. The predicted molar refractivity (Wildman–Crippen MR) is 107 cm³/mol. The fourth-order valence-corrected chi connectivity index (χ4v) is 3.51. The van der Waals surface area contributed by atoms with E-state index in [0.717, 1.165) is 0 Å². The molecule has 150 valence electrons. The number of hydrogen-bond acceptors (Lipinski definition) is 5. The molecule has 8 nitrogen and oxygen atoms in total. The molecule has 0 aliphatic rings. The third kappa shape index (κ3) is 6.31. The molecule has 0 spiro atoms. The van der Waals surface area contributed by atoms with Gasteiger partial charge < -0.3 is 15.4 Å². The van der Waals surface area contributed by atoms with Gasteiger partial charge >= 0.3 is 0 Å². The van der Waals surface area contributed by atoms with E-state index < -0.39 is 22.0 Å². The van der Waals surface area contributed by atoms with Crippen LogP contribution >= 0.6 is 11.6 Å². The van der Waals surface area contributed by atoms with E-state index in [1.807, 2.05) is 0 Å². The smallest absolute Gasteiger partial charge is 0.250 e. The third-order valence-electron chi connectivity index (χ3n) is 3.56. The molecule has 2 amide bonds. The lowest BCUT2D eigenvalue weighted by Gasteiger charge is -2.15. The van der Waals surface area contributed by atoms with Crippen LogP contribution in [0.2, 0.25) is 5.02 Å². The zero-order valence-corrected chi connectivity index (χ0v) is 16.8. The van der Waals surface area contributed by atoms with Crippen molar-refractivity contribution in [2.75, 3.05) is 24.4 Å². The number of methoxy groups -OCH3 is 1. The van der Waals surface area contributed by atoms with Crippen LogP contribution in [0.15, 0.2) is 53.4 Å². The van der Waals surface area contributed by atoms with E-state index in [4.69, 9.17) is 16.3 Å². The average Bonchev–Trinajstić information content (AvgIpc) is 2.63. The number of sulfonamides is 1. The van der Waals surface area contributed by atoms with Crippen molar-refractivity contribution in [3.05, 3.63) is 53.6 Å². The molecule has 0 aliphatic carbocycles. The predicted octanol–water partition coefficient (Wildman–Crippen LogP) is 2.23. The Balaban J connectivity index is 1.96. The number of amides is 2. The second-order valence-electron chi connectivity index (χ2n) is 5.84. The van der Waals surface area contributed by atoms with Crippen molar-refractivity contribution in [3.63, 3.8) is 0 Å². The molecule has 2 aromatic rings. The first-order valence-corrected chi connectivity index (χ1v) is 10.0. The normalized spacial score (nSPS) is 12.2. The number of anilines is 2. The van der Waals surface area contributed by atoms with E-state index >= 15 is 0 Å². The molecule has 0 aliphatic heterocycles. The highest BCUT2D eigenvalue weighted by molar-refractivity contribution is 7.89. The first-order chi connectivity index (χ1) is 13.2. The summed E-state index contributed by atoms with van der Waals surface area (Å²) in [7, 11) is -2.45. The first-order valence-electron chi connectivity index (χ1n) is 8.19. The van der Waals surface area contributed by atoms with E-state index in [9.17, 15) is 18.0 Å². The van der Waals surface area contributed by atoms with Crippen molar-refractivity contribution in [2.24, 2.45) is 0 Å². The van der Waals surface area contributed by atoms with Crippen LogP contribution in [0.3, 0.4) is 0 Å². The molecule has 0 bridgehead atoms. The zero-order valence-electron chi connectivity index (χ0n) is 15.2. The first kappa shape index (κ1) is 21.8. The van der Waals surface area contributed by atoms with Gasteiger partial charge in [-0.1, -0.05) is 11.6 Å². The van der Waals surface area contributed by atoms with Crippen LogP contribution in [0.25, 0.3) is 0 Å². The lowest BCUT2D eigenvalue weighted by Crippen LogP contribution is -2.41. The number of rotatable bonds is 8. The highest BCUT2D eigenvalue weighted by Gasteiger charge is 2.22. The fourth-order valence-electron chi connectivity index (χ4n) is 2.18. The van der Waals surface area contributed by atoms with E-state index in [0.29, 0.717) is 16.4 Å². The van der Waals surface area contributed by atoms with E-state index in [1.54, 1.807) is 24.3 Å². The Labute approximate surface area is 168 Å². The van der Waals surface area contributed by atoms with Crippen LogP contribution in [-0.2, 0) is 24.3 Å². The summed E-state index contributed by atoms with van der Waals surface area (Å²) in [6.07, 6.45) is 0. The Hall–Kier alpha value is -2.46. The summed E-state index contributed by atoms with van der Waals surface area (Å²) in [6, 6.07) is 11.0. The summed E-state index contributed by atoms with van der Waals surface area (Å²) >= 11 is 5.75. The minimum atomic E-state index is -3.87. The molecule has 2 aromatic carbocycles. The van der Waals surface area contributed by atoms with E-state index in [-0.39, 0.29) is 17.4 Å². The topological polar surface area (TPSA) is 114 Å². The van der Waals surface area contributed by atoms with Crippen LogP contribution < -0.4 is 15.4 Å². The van der Waals surface area contributed by atoms with Gasteiger partial charge in [0.25, 0.3) is 0 Å². The van der Waals surface area contributed by atoms with E-state index in [1.165, 1.54) is 38.3 Å². The van der Waals surface area contributed by atoms with Crippen molar-refractivity contribution in [1.29, 1.82) is 0 Å². The minimum absolute atomic E-state index is 0.00713. The third-order valence-corrected chi connectivity index (χ3v) is 5.37. The van der Waals surface area contributed by atoms with Crippen molar-refractivity contribution < 1.29 is 22.7 Å². The number of benzene rings is 2. The van der Waals surface area contributed by atoms with Crippen LogP contribution in [0, 0.1) is 0 Å². The SMILES string of the molecule is COCC(=O)Nc1ccc(NC(=O)[C@H](C)NS(=O)(=O)c2ccc(Cl)cc2)cc1. The molecule has 0 saturated heterocycles. The molecule has 1 atom stereocenters. The van der Waals surface area contributed by atoms with Gasteiger partial charge in [-0.3, -0.25) is 9.59 Å². The van der Waals surface area contributed by atoms with Crippen molar-refractivity contribution in [2.45, 2.75) is 17.9 Å². The van der Waals surface area contributed by atoms with Gasteiger partial charge in [0, 0.05) is 23.5 Å².